The quantitative estimate of drug-likeness (QED) is 0.267. The fourth-order valence-electron chi connectivity index (χ4n) is 6.89. The summed E-state index contributed by atoms with van der Waals surface area (Å²) in [6.07, 6.45) is 15.0. The number of imidazole rings is 1. The predicted molar refractivity (Wildman–Crippen MR) is 144 cm³/mol. The first-order valence-corrected chi connectivity index (χ1v) is 14.7. The zero-order valence-electron chi connectivity index (χ0n) is 20.4. The van der Waals surface area contributed by atoms with Crippen molar-refractivity contribution < 1.29 is 4.79 Å². The third kappa shape index (κ3) is 3.94. The van der Waals surface area contributed by atoms with E-state index in [0.717, 1.165) is 18.5 Å². The van der Waals surface area contributed by atoms with Gasteiger partial charge in [-0.1, -0.05) is 37.5 Å². The Morgan fingerprint density at radius 1 is 0.829 bits per heavy atom. The van der Waals surface area contributed by atoms with Crippen LogP contribution in [0.5, 0.6) is 0 Å². The van der Waals surface area contributed by atoms with Crippen molar-refractivity contribution >= 4 is 32.7 Å². The first-order chi connectivity index (χ1) is 17.3. The van der Waals surface area contributed by atoms with Crippen LogP contribution in [0.2, 0.25) is 0 Å². The number of aromatic nitrogens is 2. The molecule has 0 N–H and O–H groups in total. The van der Waals surface area contributed by atoms with Crippen LogP contribution >= 0.6 is 11.3 Å². The van der Waals surface area contributed by atoms with Crippen LogP contribution < -0.4 is 0 Å². The molecular formula is C31H34N2OS. The molecule has 0 spiro atoms. The first kappa shape index (κ1) is 21.8. The second kappa shape index (κ2) is 8.89. The lowest BCUT2D eigenvalue weighted by Gasteiger charge is -2.28. The number of hydrogen-bond donors (Lipinski definition) is 0. The molecule has 3 nitrogen and oxygen atoms in total. The number of pyridine rings is 1. The third-order valence-corrected chi connectivity index (χ3v) is 9.94. The van der Waals surface area contributed by atoms with Crippen molar-refractivity contribution in [1.29, 1.82) is 0 Å². The van der Waals surface area contributed by atoms with Crippen molar-refractivity contribution in [1.82, 2.24) is 9.38 Å². The summed E-state index contributed by atoms with van der Waals surface area (Å²) in [6, 6.07) is 13.8. The van der Waals surface area contributed by atoms with E-state index in [2.05, 4.69) is 46.2 Å². The highest BCUT2D eigenvalue weighted by Gasteiger charge is 2.34. The topological polar surface area (TPSA) is 34.4 Å². The van der Waals surface area contributed by atoms with E-state index >= 15 is 0 Å². The van der Waals surface area contributed by atoms with Crippen LogP contribution in [-0.2, 0) is 0 Å². The van der Waals surface area contributed by atoms with Gasteiger partial charge in [-0.2, -0.15) is 0 Å². The number of ketones is 1. The van der Waals surface area contributed by atoms with E-state index in [1.807, 2.05) is 17.7 Å². The zero-order chi connectivity index (χ0) is 23.4. The van der Waals surface area contributed by atoms with E-state index in [4.69, 9.17) is 4.98 Å². The largest absolute Gasteiger partial charge is 0.295 e. The fraction of sp³-hybridized carbons (Fsp3) is 0.484. The van der Waals surface area contributed by atoms with Crippen LogP contribution in [0.15, 0.2) is 48.1 Å². The van der Waals surface area contributed by atoms with E-state index in [1.54, 1.807) is 0 Å². The SMILES string of the molecule is O=C(c1c(C2CC2)ccc2c(C3CCC(c4ccc5ccsc5c4)CC3)ncn12)C1CCCCC1. The maximum atomic E-state index is 13.8. The molecule has 0 saturated heterocycles. The van der Waals surface area contributed by atoms with Crippen LogP contribution in [0.3, 0.4) is 0 Å². The van der Waals surface area contributed by atoms with E-state index in [9.17, 15) is 4.79 Å². The summed E-state index contributed by atoms with van der Waals surface area (Å²) >= 11 is 1.85. The Bertz CT molecular complexity index is 1380. The highest BCUT2D eigenvalue weighted by atomic mass is 32.1. The fourth-order valence-corrected chi connectivity index (χ4v) is 7.72. The summed E-state index contributed by atoms with van der Waals surface area (Å²) < 4.78 is 3.60. The number of thiophene rings is 1. The van der Waals surface area contributed by atoms with E-state index in [1.165, 1.54) is 90.2 Å². The number of rotatable bonds is 5. The maximum absolute atomic E-state index is 13.8. The number of benzene rings is 1. The van der Waals surface area contributed by atoms with Crippen molar-refractivity contribution in [3.05, 3.63) is 70.6 Å². The number of nitrogens with zero attached hydrogens (tertiary/aromatic N) is 2. The number of carbonyl (C=O) groups excluding carboxylic acids is 1. The van der Waals surface area contributed by atoms with Crippen LogP contribution in [0, 0.1) is 5.92 Å². The van der Waals surface area contributed by atoms with E-state index < -0.39 is 0 Å². The lowest BCUT2D eigenvalue weighted by atomic mass is 9.77. The Morgan fingerprint density at radius 3 is 2.40 bits per heavy atom. The highest BCUT2D eigenvalue weighted by molar-refractivity contribution is 7.17. The number of fused-ring (bicyclic) bond motifs is 2. The van der Waals surface area contributed by atoms with E-state index in [0.29, 0.717) is 23.5 Å². The normalized spacial score (nSPS) is 23.8. The van der Waals surface area contributed by atoms with Gasteiger partial charge < -0.3 is 0 Å². The van der Waals surface area contributed by atoms with Gasteiger partial charge in [0.2, 0.25) is 0 Å². The van der Waals surface area contributed by atoms with Crippen LogP contribution in [0.25, 0.3) is 15.6 Å². The van der Waals surface area contributed by atoms with Gasteiger partial charge in [-0.05, 0) is 103 Å². The Hall–Kier alpha value is -2.46. The van der Waals surface area contributed by atoms with Crippen LogP contribution in [-0.4, -0.2) is 15.2 Å². The summed E-state index contributed by atoms with van der Waals surface area (Å²) in [6.45, 7) is 0. The average molecular weight is 483 g/mol. The second-order valence-corrected chi connectivity index (χ2v) is 12.2. The summed E-state index contributed by atoms with van der Waals surface area (Å²) in [5, 5.41) is 3.55. The molecule has 7 rings (SSSR count). The zero-order valence-corrected chi connectivity index (χ0v) is 21.2. The molecule has 35 heavy (non-hydrogen) atoms. The molecule has 4 aromatic rings. The predicted octanol–water partition coefficient (Wildman–Crippen LogP) is 8.63. The minimum absolute atomic E-state index is 0.203. The molecule has 0 bridgehead atoms. The van der Waals surface area contributed by atoms with Crippen molar-refractivity contribution in [3.63, 3.8) is 0 Å². The Kier molecular flexibility index (Phi) is 5.53. The molecule has 180 valence electrons. The molecule has 0 amide bonds. The maximum Gasteiger partial charge on any atom is 0.182 e. The Balaban J connectivity index is 1.16. The first-order valence-electron chi connectivity index (χ1n) is 13.8. The molecule has 3 saturated carbocycles. The Labute approximate surface area is 211 Å². The van der Waals surface area contributed by atoms with Gasteiger partial charge in [-0.15, -0.1) is 11.3 Å². The second-order valence-electron chi connectivity index (χ2n) is 11.3. The molecule has 0 atom stereocenters. The smallest absolute Gasteiger partial charge is 0.182 e. The van der Waals surface area contributed by atoms with Gasteiger partial charge in [-0.3, -0.25) is 9.20 Å². The monoisotopic (exact) mass is 482 g/mol. The Morgan fingerprint density at radius 2 is 1.60 bits per heavy atom. The van der Waals surface area contributed by atoms with E-state index in [-0.39, 0.29) is 5.92 Å². The number of Topliss-reactive ketones (excluding diaryl/α,β-unsaturated/α-hetero) is 1. The van der Waals surface area contributed by atoms with Gasteiger partial charge in [-0.25, -0.2) is 4.98 Å². The van der Waals surface area contributed by atoms with Crippen molar-refractivity contribution in [2.45, 2.75) is 88.4 Å². The van der Waals surface area contributed by atoms with Gasteiger partial charge in [0, 0.05) is 16.5 Å². The minimum atomic E-state index is 0.203. The van der Waals surface area contributed by atoms with Crippen molar-refractivity contribution in [2.75, 3.05) is 0 Å². The number of hydrogen-bond acceptors (Lipinski definition) is 3. The summed E-state index contributed by atoms with van der Waals surface area (Å²) in [5.74, 6) is 2.30. The van der Waals surface area contributed by atoms with Crippen LogP contribution in [0.4, 0.5) is 0 Å². The molecule has 4 heteroatoms. The molecule has 3 aromatic heterocycles. The highest BCUT2D eigenvalue weighted by Crippen LogP contribution is 2.45. The van der Waals surface area contributed by atoms with Crippen molar-refractivity contribution in [3.8, 4) is 0 Å². The molecule has 3 aliphatic carbocycles. The lowest BCUT2D eigenvalue weighted by Crippen LogP contribution is -2.22. The summed E-state index contributed by atoms with van der Waals surface area (Å²) in [4.78, 5) is 18.8. The average Bonchev–Trinajstić information content (AvgIpc) is 3.49. The summed E-state index contributed by atoms with van der Waals surface area (Å²) in [7, 11) is 0. The molecule has 3 aliphatic rings. The molecule has 3 fully saturated rings. The molecule has 3 heterocycles. The van der Waals surface area contributed by atoms with Crippen molar-refractivity contribution in [2.24, 2.45) is 5.92 Å². The molecular weight excluding hydrogens is 448 g/mol. The molecule has 1 aromatic carbocycles. The van der Waals surface area contributed by atoms with Gasteiger partial charge in [0.15, 0.2) is 5.78 Å². The minimum Gasteiger partial charge on any atom is -0.295 e. The van der Waals surface area contributed by atoms with Gasteiger partial charge in [0.1, 0.15) is 6.33 Å². The van der Waals surface area contributed by atoms with Crippen LogP contribution in [0.1, 0.15) is 116 Å². The summed E-state index contributed by atoms with van der Waals surface area (Å²) in [5.41, 5.74) is 6.15. The van der Waals surface area contributed by atoms with Gasteiger partial charge in [0.05, 0.1) is 16.9 Å². The molecule has 0 unspecified atom stereocenters. The lowest BCUT2D eigenvalue weighted by molar-refractivity contribution is 0.0881. The molecule has 0 radical (unpaired) electrons. The standard InChI is InChI=1S/C31H34N2OS/c34-31(24-4-2-1-3-5-24)30-26(21-8-9-21)14-15-27-29(32-19-33(27)30)23-11-6-20(7-12-23)25-13-10-22-16-17-35-28(22)18-25/h10,13-21,23-24H,1-9,11-12H2. The number of carbonyl (C=O) groups is 1. The third-order valence-electron chi connectivity index (χ3n) is 9.06. The van der Waals surface area contributed by atoms with Gasteiger partial charge in [0.25, 0.3) is 0 Å². The van der Waals surface area contributed by atoms with Gasteiger partial charge >= 0.3 is 0 Å². The molecule has 0 aliphatic heterocycles.